The van der Waals surface area contributed by atoms with Gasteiger partial charge in [-0.15, -0.1) is 22.9 Å². The minimum Gasteiger partial charge on any atom is -0.306 e. The molecule has 0 aliphatic heterocycles. The van der Waals surface area contributed by atoms with Crippen LogP contribution in [0.3, 0.4) is 0 Å². The standard InChI is InChI=1S/C10H17ClN2S/c1-3-5-13(2)6-4-10-12-9(7-11)8-14-10/h8H,3-7H2,1-2H3. The first-order valence-corrected chi connectivity index (χ1v) is 6.35. The van der Waals surface area contributed by atoms with Crippen molar-refractivity contribution in [3.05, 3.63) is 16.1 Å². The van der Waals surface area contributed by atoms with Crippen LogP contribution in [0.25, 0.3) is 0 Å². The van der Waals surface area contributed by atoms with Crippen LogP contribution < -0.4 is 0 Å². The monoisotopic (exact) mass is 232 g/mol. The maximum Gasteiger partial charge on any atom is 0.0941 e. The smallest absolute Gasteiger partial charge is 0.0941 e. The van der Waals surface area contributed by atoms with Crippen LogP contribution in [0.5, 0.6) is 0 Å². The molecule has 2 nitrogen and oxygen atoms in total. The first-order valence-electron chi connectivity index (χ1n) is 4.94. The molecule has 0 saturated carbocycles. The molecule has 0 amide bonds. The Morgan fingerprint density at radius 3 is 2.86 bits per heavy atom. The molecule has 0 aromatic carbocycles. The van der Waals surface area contributed by atoms with Crippen LogP contribution in [-0.2, 0) is 12.3 Å². The third-order valence-electron chi connectivity index (χ3n) is 2.05. The van der Waals surface area contributed by atoms with Crippen LogP contribution in [0.2, 0.25) is 0 Å². The highest BCUT2D eigenvalue weighted by Crippen LogP contribution is 2.12. The summed E-state index contributed by atoms with van der Waals surface area (Å²) in [6, 6.07) is 0. The lowest BCUT2D eigenvalue weighted by Gasteiger charge is -2.13. The average Bonchev–Trinajstić information content (AvgIpc) is 2.63. The van der Waals surface area contributed by atoms with E-state index < -0.39 is 0 Å². The van der Waals surface area contributed by atoms with E-state index in [2.05, 4.69) is 23.9 Å². The van der Waals surface area contributed by atoms with E-state index in [1.54, 1.807) is 11.3 Å². The minimum atomic E-state index is 0.529. The summed E-state index contributed by atoms with van der Waals surface area (Å²) in [5, 5.41) is 3.24. The number of hydrogen-bond donors (Lipinski definition) is 0. The predicted octanol–water partition coefficient (Wildman–Crippen LogP) is 2.77. The average molecular weight is 233 g/mol. The minimum absolute atomic E-state index is 0.529. The van der Waals surface area contributed by atoms with Gasteiger partial charge in [0.25, 0.3) is 0 Å². The Morgan fingerprint density at radius 2 is 2.29 bits per heavy atom. The molecular formula is C10H17ClN2S. The molecule has 4 heteroatoms. The van der Waals surface area contributed by atoms with Gasteiger partial charge in [0.2, 0.25) is 0 Å². The number of alkyl halides is 1. The van der Waals surface area contributed by atoms with Gasteiger partial charge >= 0.3 is 0 Å². The van der Waals surface area contributed by atoms with E-state index in [1.165, 1.54) is 11.4 Å². The van der Waals surface area contributed by atoms with Crippen LogP contribution >= 0.6 is 22.9 Å². The van der Waals surface area contributed by atoms with Gasteiger partial charge in [-0.25, -0.2) is 4.98 Å². The zero-order chi connectivity index (χ0) is 10.4. The summed E-state index contributed by atoms with van der Waals surface area (Å²) in [6.07, 6.45) is 2.25. The van der Waals surface area contributed by atoms with Gasteiger partial charge in [0.15, 0.2) is 0 Å². The number of hydrogen-bond acceptors (Lipinski definition) is 3. The second-order valence-electron chi connectivity index (χ2n) is 3.42. The van der Waals surface area contributed by atoms with Crippen molar-refractivity contribution < 1.29 is 0 Å². The van der Waals surface area contributed by atoms with Crippen molar-refractivity contribution in [3.8, 4) is 0 Å². The fraction of sp³-hybridized carbons (Fsp3) is 0.700. The Labute approximate surface area is 94.9 Å². The molecule has 1 heterocycles. The van der Waals surface area contributed by atoms with Crippen molar-refractivity contribution in [1.82, 2.24) is 9.88 Å². The molecule has 0 aliphatic carbocycles. The fourth-order valence-corrected chi connectivity index (χ4v) is 2.32. The summed E-state index contributed by atoms with van der Waals surface area (Å²) in [4.78, 5) is 6.76. The molecule has 0 bridgehead atoms. The largest absolute Gasteiger partial charge is 0.306 e. The zero-order valence-corrected chi connectivity index (χ0v) is 10.4. The van der Waals surface area contributed by atoms with E-state index in [4.69, 9.17) is 11.6 Å². The number of halogens is 1. The molecule has 0 unspecified atom stereocenters. The van der Waals surface area contributed by atoms with Crippen LogP contribution in [-0.4, -0.2) is 30.0 Å². The van der Waals surface area contributed by atoms with Gasteiger partial charge in [0.1, 0.15) is 0 Å². The van der Waals surface area contributed by atoms with Crippen LogP contribution in [0, 0.1) is 0 Å². The van der Waals surface area contributed by atoms with Gasteiger partial charge < -0.3 is 4.90 Å². The van der Waals surface area contributed by atoms with Gasteiger partial charge in [-0.2, -0.15) is 0 Å². The van der Waals surface area contributed by atoms with Crippen molar-refractivity contribution in [2.75, 3.05) is 20.1 Å². The lowest BCUT2D eigenvalue weighted by Crippen LogP contribution is -2.21. The van der Waals surface area contributed by atoms with Crippen LogP contribution in [0.15, 0.2) is 5.38 Å². The fourth-order valence-electron chi connectivity index (χ4n) is 1.31. The highest BCUT2D eigenvalue weighted by atomic mass is 35.5. The highest BCUT2D eigenvalue weighted by Gasteiger charge is 2.02. The van der Waals surface area contributed by atoms with Crippen LogP contribution in [0.4, 0.5) is 0 Å². The van der Waals surface area contributed by atoms with E-state index in [1.807, 2.05) is 5.38 Å². The lowest BCUT2D eigenvalue weighted by atomic mass is 10.3. The molecule has 80 valence electrons. The van der Waals surface area contributed by atoms with E-state index in [-0.39, 0.29) is 0 Å². The highest BCUT2D eigenvalue weighted by molar-refractivity contribution is 7.09. The second-order valence-corrected chi connectivity index (χ2v) is 4.63. The van der Waals surface area contributed by atoms with Crippen molar-refractivity contribution >= 4 is 22.9 Å². The van der Waals surface area contributed by atoms with Crippen molar-refractivity contribution in [2.24, 2.45) is 0 Å². The number of nitrogens with zero attached hydrogens (tertiary/aromatic N) is 2. The van der Waals surface area contributed by atoms with Crippen LogP contribution in [0.1, 0.15) is 24.0 Å². The molecule has 14 heavy (non-hydrogen) atoms. The molecule has 0 spiro atoms. The van der Waals surface area contributed by atoms with Gasteiger partial charge in [-0.3, -0.25) is 0 Å². The molecule has 1 aromatic heterocycles. The van der Waals surface area contributed by atoms with Crippen molar-refractivity contribution in [2.45, 2.75) is 25.6 Å². The topological polar surface area (TPSA) is 16.1 Å². The number of thiazole rings is 1. The number of aromatic nitrogens is 1. The predicted molar refractivity (Wildman–Crippen MR) is 63.2 cm³/mol. The summed E-state index contributed by atoms with van der Waals surface area (Å²) in [6.45, 7) is 4.45. The summed E-state index contributed by atoms with van der Waals surface area (Å²) >= 11 is 7.40. The molecule has 0 atom stereocenters. The summed E-state index contributed by atoms with van der Waals surface area (Å²) < 4.78 is 0. The van der Waals surface area contributed by atoms with Gasteiger partial charge in [0, 0.05) is 18.3 Å². The second kappa shape index (κ2) is 6.38. The summed E-state index contributed by atoms with van der Waals surface area (Å²) in [5.74, 6) is 0.529. The number of rotatable bonds is 6. The molecule has 0 N–H and O–H groups in total. The third-order valence-corrected chi connectivity index (χ3v) is 3.28. The molecule has 0 saturated heterocycles. The molecule has 1 aromatic rings. The van der Waals surface area contributed by atoms with Crippen molar-refractivity contribution in [3.63, 3.8) is 0 Å². The number of likely N-dealkylation sites (N-methyl/N-ethyl adjacent to an activating group) is 1. The Morgan fingerprint density at radius 1 is 1.50 bits per heavy atom. The molecule has 0 fully saturated rings. The zero-order valence-electron chi connectivity index (χ0n) is 8.79. The molecule has 0 radical (unpaired) electrons. The molecule has 1 rings (SSSR count). The lowest BCUT2D eigenvalue weighted by molar-refractivity contribution is 0.339. The van der Waals surface area contributed by atoms with Gasteiger partial charge in [-0.05, 0) is 20.0 Å². The normalized spacial score (nSPS) is 11.1. The summed E-state index contributed by atoms with van der Waals surface area (Å²) in [5.41, 5.74) is 1.00. The van der Waals surface area contributed by atoms with E-state index in [0.29, 0.717) is 5.88 Å². The Hall–Kier alpha value is -0.120. The quantitative estimate of drug-likeness (QED) is 0.702. The molecular weight excluding hydrogens is 216 g/mol. The van der Waals surface area contributed by atoms with E-state index in [9.17, 15) is 0 Å². The maximum atomic E-state index is 5.69. The van der Waals surface area contributed by atoms with Gasteiger partial charge in [0.05, 0.1) is 16.6 Å². The summed E-state index contributed by atoms with van der Waals surface area (Å²) in [7, 11) is 2.15. The Bertz CT molecular complexity index is 262. The van der Waals surface area contributed by atoms with E-state index >= 15 is 0 Å². The maximum absolute atomic E-state index is 5.69. The first-order chi connectivity index (χ1) is 6.76. The first kappa shape index (κ1) is 12.0. The SMILES string of the molecule is CCCN(C)CCc1nc(CCl)cs1. The van der Waals surface area contributed by atoms with Crippen molar-refractivity contribution in [1.29, 1.82) is 0 Å². The van der Waals surface area contributed by atoms with Gasteiger partial charge in [-0.1, -0.05) is 6.92 Å². The third kappa shape index (κ3) is 3.95. The Balaban J connectivity index is 2.30. The van der Waals surface area contributed by atoms with E-state index in [0.717, 1.165) is 25.2 Å². The Kier molecular flexibility index (Phi) is 5.45. The molecule has 0 aliphatic rings.